The molecule has 98 valence electrons. The second-order valence-electron chi connectivity index (χ2n) is 5.56. The molecular formula is C15H23N3. The maximum atomic E-state index is 3.33. The molecule has 3 nitrogen and oxygen atoms in total. The van der Waals surface area contributed by atoms with Crippen LogP contribution in [0.1, 0.15) is 19.4 Å². The zero-order valence-corrected chi connectivity index (χ0v) is 11.7. The van der Waals surface area contributed by atoms with Crippen LogP contribution in [0.4, 0.5) is 0 Å². The summed E-state index contributed by atoms with van der Waals surface area (Å²) in [6.45, 7) is 6.46. The highest BCUT2D eigenvalue weighted by Gasteiger charge is 2.23. The molecule has 0 aliphatic rings. The number of nitrogens with zero attached hydrogens (tertiary/aromatic N) is 1. The summed E-state index contributed by atoms with van der Waals surface area (Å²) >= 11 is 0. The Balaban J connectivity index is 2.19. The molecule has 18 heavy (non-hydrogen) atoms. The molecule has 2 rings (SSSR count). The van der Waals surface area contributed by atoms with Crippen molar-refractivity contribution in [2.75, 3.05) is 20.6 Å². The summed E-state index contributed by atoms with van der Waals surface area (Å²) in [7, 11) is 4.18. The fraction of sp³-hybridized carbons (Fsp3) is 0.467. The third-order valence-electron chi connectivity index (χ3n) is 3.73. The largest absolute Gasteiger partial charge is 0.361 e. The quantitative estimate of drug-likeness (QED) is 0.848. The normalized spacial score (nSPS) is 12.5. The molecule has 2 aromatic rings. The molecule has 0 fully saturated rings. The van der Waals surface area contributed by atoms with Gasteiger partial charge in [0.15, 0.2) is 0 Å². The first-order valence-corrected chi connectivity index (χ1v) is 6.45. The molecule has 3 heteroatoms. The Hall–Kier alpha value is -1.32. The van der Waals surface area contributed by atoms with Crippen molar-refractivity contribution >= 4 is 10.9 Å². The van der Waals surface area contributed by atoms with E-state index < -0.39 is 0 Å². The number of nitrogens with one attached hydrogen (secondary N) is 2. The number of likely N-dealkylation sites (N-methyl/N-ethyl adjacent to an activating group) is 2. The lowest BCUT2D eigenvalue weighted by atomic mass is 10.0. The van der Waals surface area contributed by atoms with Crippen LogP contribution in [0.25, 0.3) is 10.9 Å². The van der Waals surface area contributed by atoms with Gasteiger partial charge in [-0.25, -0.2) is 0 Å². The van der Waals surface area contributed by atoms with Gasteiger partial charge in [0.05, 0.1) is 0 Å². The molecule has 0 unspecified atom stereocenters. The highest BCUT2D eigenvalue weighted by Crippen LogP contribution is 2.21. The minimum absolute atomic E-state index is 0.146. The van der Waals surface area contributed by atoms with Crippen LogP contribution in [0, 0.1) is 0 Å². The molecule has 1 aromatic heterocycles. The van der Waals surface area contributed by atoms with E-state index in [0.717, 1.165) is 13.1 Å². The molecule has 0 radical (unpaired) electrons. The summed E-state index contributed by atoms with van der Waals surface area (Å²) in [6, 6.07) is 8.47. The second-order valence-corrected chi connectivity index (χ2v) is 5.56. The van der Waals surface area contributed by atoms with Crippen molar-refractivity contribution in [1.29, 1.82) is 0 Å². The van der Waals surface area contributed by atoms with Crippen molar-refractivity contribution in [3.05, 3.63) is 36.0 Å². The van der Waals surface area contributed by atoms with Gasteiger partial charge in [-0.1, -0.05) is 18.2 Å². The van der Waals surface area contributed by atoms with Gasteiger partial charge in [-0.05, 0) is 39.6 Å². The molecule has 0 saturated carbocycles. The van der Waals surface area contributed by atoms with E-state index in [2.05, 4.69) is 66.6 Å². The summed E-state index contributed by atoms with van der Waals surface area (Å²) in [4.78, 5) is 5.72. The lowest BCUT2D eigenvalue weighted by Crippen LogP contribution is -2.47. The molecule has 1 heterocycles. The number of para-hydroxylation sites is 1. The Morgan fingerprint density at radius 2 is 2.00 bits per heavy atom. The van der Waals surface area contributed by atoms with Crippen molar-refractivity contribution in [3.63, 3.8) is 0 Å². The lowest BCUT2D eigenvalue weighted by molar-refractivity contribution is 0.148. The van der Waals surface area contributed by atoms with E-state index in [-0.39, 0.29) is 5.54 Å². The Morgan fingerprint density at radius 3 is 2.72 bits per heavy atom. The third-order valence-corrected chi connectivity index (χ3v) is 3.73. The van der Waals surface area contributed by atoms with Crippen LogP contribution in [-0.4, -0.2) is 36.1 Å². The number of rotatable bonds is 5. The molecule has 0 spiro atoms. The van der Waals surface area contributed by atoms with Gasteiger partial charge in [0.2, 0.25) is 0 Å². The summed E-state index contributed by atoms with van der Waals surface area (Å²) in [6.07, 6.45) is 2.12. The second kappa shape index (κ2) is 5.12. The fourth-order valence-electron chi connectivity index (χ4n) is 2.30. The SMILES string of the molecule is CNCC(C)(C)N(C)Cc1c[nH]c2ccccc12. The highest BCUT2D eigenvalue weighted by atomic mass is 15.2. The van der Waals surface area contributed by atoms with Crippen LogP contribution in [0.15, 0.2) is 30.5 Å². The Kier molecular flexibility index (Phi) is 3.73. The fourth-order valence-corrected chi connectivity index (χ4v) is 2.30. The van der Waals surface area contributed by atoms with E-state index in [1.165, 1.54) is 16.5 Å². The maximum Gasteiger partial charge on any atom is 0.0457 e. The number of aromatic amines is 1. The van der Waals surface area contributed by atoms with Gasteiger partial charge in [0.25, 0.3) is 0 Å². The lowest BCUT2D eigenvalue weighted by Gasteiger charge is -2.35. The molecule has 0 saturated heterocycles. The first kappa shape index (κ1) is 13.1. The van der Waals surface area contributed by atoms with Crippen molar-refractivity contribution < 1.29 is 0 Å². The number of hydrogen-bond donors (Lipinski definition) is 2. The van der Waals surface area contributed by atoms with Gasteiger partial charge in [0.1, 0.15) is 0 Å². The van der Waals surface area contributed by atoms with E-state index in [0.29, 0.717) is 0 Å². The first-order valence-electron chi connectivity index (χ1n) is 6.45. The van der Waals surface area contributed by atoms with E-state index in [9.17, 15) is 0 Å². The summed E-state index contributed by atoms with van der Waals surface area (Å²) in [5.41, 5.74) is 2.72. The highest BCUT2D eigenvalue weighted by molar-refractivity contribution is 5.82. The minimum atomic E-state index is 0.146. The molecule has 1 aromatic carbocycles. The predicted octanol–water partition coefficient (Wildman–Crippen LogP) is 2.60. The van der Waals surface area contributed by atoms with Crippen LogP contribution in [0.3, 0.4) is 0 Å². The standard InChI is InChI=1S/C15H23N3/c1-15(2,11-16-3)18(4)10-12-9-17-14-8-6-5-7-13(12)14/h5-9,16-17H,10-11H2,1-4H3. The molecule has 2 N–H and O–H groups in total. The molecule has 0 amide bonds. The molecule has 0 bridgehead atoms. The van der Waals surface area contributed by atoms with Gasteiger partial charge < -0.3 is 10.3 Å². The van der Waals surface area contributed by atoms with Crippen LogP contribution in [0.2, 0.25) is 0 Å². The monoisotopic (exact) mass is 245 g/mol. The van der Waals surface area contributed by atoms with Gasteiger partial charge >= 0.3 is 0 Å². The number of H-pyrrole nitrogens is 1. The van der Waals surface area contributed by atoms with Crippen LogP contribution in [0.5, 0.6) is 0 Å². The zero-order chi connectivity index (χ0) is 13.2. The van der Waals surface area contributed by atoms with Crippen molar-refractivity contribution in [3.8, 4) is 0 Å². The molecule has 0 atom stereocenters. The maximum absolute atomic E-state index is 3.33. The van der Waals surface area contributed by atoms with Gasteiger partial charge in [-0.2, -0.15) is 0 Å². The topological polar surface area (TPSA) is 31.1 Å². The van der Waals surface area contributed by atoms with Crippen molar-refractivity contribution in [1.82, 2.24) is 15.2 Å². The molecule has 0 aliphatic heterocycles. The van der Waals surface area contributed by atoms with Crippen molar-refractivity contribution in [2.24, 2.45) is 0 Å². The third kappa shape index (κ3) is 2.57. The first-order chi connectivity index (χ1) is 8.54. The van der Waals surface area contributed by atoms with E-state index in [1.807, 2.05) is 7.05 Å². The van der Waals surface area contributed by atoms with E-state index in [4.69, 9.17) is 0 Å². The smallest absolute Gasteiger partial charge is 0.0457 e. The zero-order valence-electron chi connectivity index (χ0n) is 11.7. The van der Waals surface area contributed by atoms with Crippen LogP contribution < -0.4 is 5.32 Å². The molecule has 0 aliphatic carbocycles. The summed E-state index contributed by atoms with van der Waals surface area (Å²) < 4.78 is 0. The number of hydrogen-bond acceptors (Lipinski definition) is 2. The molecular weight excluding hydrogens is 222 g/mol. The Morgan fingerprint density at radius 1 is 1.28 bits per heavy atom. The van der Waals surface area contributed by atoms with E-state index in [1.54, 1.807) is 0 Å². The van der Waals surface area contributed by atoms with Gasteiger partial charge in [-0.3, -0.25) is 4.90 Å². The Labute approximate surface area is 109 Å². The van der Waals surface area contributed by atoms with Gasteiger partial charge in [0, 0.05) is 35.7 Å². The Bertz CT molecular complexity index is 513. The summed E-state index contributed by atoms with van der Waals surface area (Å²) in [5, 5.41) is 4.58. The van der Waals surface area contributed by atoms with Crippen LogP contribution >= 0.6 is 0 Å². The van der Waals surface area contributed by atoms with Crippen LogP contribution in [-0.2, 0) is 6.54 Å². The van der Waals surface area contributed by atoms with Gasteiger partial charge in [-0.15, -0.1) is 0 Å². The minimum Gasteiger partial charge on any atom is -0.361 e. The number of aromatic nitrogens is 1. The van der Waals surface area contributed by atoms with E-state index >= 15 is 0 Å². The number of fused-ring (bicyclic) bond motifs is 1. The summed E-state index contributed by atoms with van der Waals surface area (Å²) in [5.74, 6) is 0. The average Bonchev–Trinajstić information content (AvgIpc) is 2.73. The average molecular weight is 245 g/mol. The van der Waals surface area contributed by atoms with Crippen molar-refractivity contribution in [2.45, 2.75) is 25.9 Å². The number of benzene rings is 1. The predicted molar refractivity (Wildman–Crippen MR) is 77.8 cm³/mol.